The summed E-state index contributed by atoms with van der Waals surface area (Å²) in [5.41, 5.74) is 3.91. The van der Waals surface area contributed by atoms with Gasteiger partial charge in [0.25, 0.3) is 0 Å². The SMILES string of the molecule is CCOc1ccc([C@H](C)NC(=S)Nc2ccc(C)c(N3CCCC3=O)c2)cc1OCC. The lowest BCUT2D eigenvalue weighted by Crippen LogP contribution is -2.31. The van der Waals surface area contributed by atoms with Gasteiger partial charge in [-0.05, 0) is 81.7 Å². The lowest BCUT2D eigenvalue weighted by atomic mass is 10.1. The number of thiocarbonyl (C=S) groups is 1. The normalized spacial score (nSPS) is 14.3. The van der Waals surface area contributed by atoms with E-state index in [4.69, 9.17) is 21.7 Å². The van der Waals surface area contributed by atoms with Crippen LogP contribution in [0.2, 0.25) is 0 Å². The Bertz CT molecular complexity index is 948. The van der Waals surface area contributed by atoms with Crippen LogP contribution in [-0.4, -0.2) is 30.8 Å². The van der Waals surface area contributed by atoms with Crippen LogP contribution in [-0.2, 0) is 4.79 Å². The average Bonchev–Trinajstić information content (AvgIpc) is 3.16. The van der Waals surface area contributed by atoms with Crippen molar-refractivity contribution in [1.82, 2.24) is 5.32 Å². The van der Waals surface area contributed by atoms with Gasteiger partial charge in [-0.2, -0.15) is 0 Å². The van der Waals surface area contributed by atoms with Crippen LogP contribution < -0.4 is 25.0 Å². The maximum absolute atomic E-state index is 12.2. The number of anilines is 2. The summed E-state index contributed by atoms with van der Waals surface area (Å²) in [4.78, 5) is 14.0. The number of benzene rings is 2. The van der Waals surface area contributed by atoms with E-state index in [0.717, 1.165) is 47.0 Å². The number of carbonyl (C=O) groups excluding carboxylic acids is 1. The number of ether oxygens (including phenoxy) is 2. The van der Waals surface area contributed by atoms with Gasteiger partial charge in [-0.25, -0.2) is 0 Å². The first-order valence-electron chi connectivity index (χ1n) is 10.8. The summed E-state index contributed by atoms with van der Waals surface area (Å²) in [5.74, 6) is 1.65. The highest BCUT2D eigenvalue weighted by molar-refractivity contribution is 7.80. The monoisotopic (exact) mass is 441 g/mol. The first kappa shape index (κ1) is 22.9. The second-order valence-electron chi connectivity index (χ2n) is 7.54. The first-order valence-corrected chi connectivity index (χ1v) is 11.2. The fourth-order valence-electron chi connectivity index (χ4n) is 3.66. The van der Waals surface area contributed by atoms with Gasteiger partial charge in [0, 0.05) is 24.3 Å². The molecule has 1 aliphatic rings. The van der Waals surface area contributed by atoms with Crippen molar-refractivity contribution in [2.45, 2.75) is 46.6 Å². The van der Waals surface area contributed by atoms with Crippen LogP contribution in [0.4, 0.5) is 11.4 Å². The third-order valence-corrected chi connectivity index (χ3v) is 5.47. The number of carbonyl (C=O) groups is 1. The standard InChI is InChI=1S/C24H31N3O3S/c1-5-29-21-12-10-18(14-22(21)30-6-2)17(4)25-24(31)26-19-11-9-16(3)20(15-19)27-13-7-8-23(27)28/h9-12,14-15,17H,5-8,13H2,1-4H3,(H2,25,26,31)/t17-/m0/s1. The molecule has 7 heteroatoms. The third-order valence-electron chi connectivity index (χ3n) is 5.25. The number of amides is 1. The Kier molecular flexibility index (Phi) is 7.74. The summed E-state index contributed by atoms with van der Waals surface area (Å²) in [6, 6.07) is 11.9. The summed E-state index contributed by atoms with van der Waals surface area (Å²) in [6.45, 7) is 9.89. The van der Waals surface area contributed by atoms with Crippen LogP contribution in [0.1, 0.15) is 50.8 Å². The van der Waals surface area contributed by atoms with Crippen molar-refractivity contribution in [2.75, 3.05) is 30.0 Å². The molecule has 2 N–H and O–H groups in total. The molecule has 0 spiro atoms. The highest BCUT2D eigenvalue weighted by Crippen LogP contribution is 2.31. The van der Waals surface area contributed by atoms with Crippen molar-refractivity contribution in [1.29, 1.82) is 0 Å². The number of nitrogens with zero attached hydrogens (tertiary/aromatic N) is 1. The van der Waals surface area contributed by atoms with Gasteiger partial charge in [0.15, 0.2) is 16.6 Å². The molecule has 0 bridgehead atoms. The van der Waals surface area contributed by atoms with E-state index in [1.165, 1.54) is 0 Å². The highest BCUT2D eigenvalue weighted by atomic mass is 32.1. The molecule has 2 aromatic rings. The predicted octanol–water partition coefficient (Wildman–Crippen LogP) is 4.97. The van der Waals surface area contributed by atoms with E-state index in [1.54, 1.807) is 0 Å². The zero-order chi connectivity index (χ0) is 22.4. The Morgan fingerprint density at radius 1 is 1.13 bits per heavy atom. The van der Waals surface area contributed by atoms with Crippen molar-refractivity contribution < 1.29 is 14.3 Å². The van der Waals surface area contributed by atoms with Crippen LogP contribution in [0.5, 0.6) is 11.5 Å². The minimum absolute atomic E-state index is 0.0278. The Hall–Kier alpha value is -2.80. The zero-order valence-electron chi connectivity index (χ0n) is 18.7. The van der Waals surface area contributed by atoms with Crippen LogP contribution in [0.3, 0.4) is 0 Å². The van der Waals surface area contributed by atoms with Gasteiger partial charge >= 0.3 is 0 Å². The molecule has 31 heavy (non-hydrogen) atoms. The Balaban J connectivity index is 1.68. The molecule has 1 fully saturated rings. The quantitative estimate of drug-likeness (QED) is 0.564. The maximum Gasteiger partial charge on any atom is 0.227 e. The van der Waals surface area contributed by atoms with E-state index in [2.05, 4.69) is 10.6 Å². The zero-order valence-corrected chi connectivity index (χ0v) is 19.5. The lowest BCUT2D eigenvalue weighted by Gasteiger charge is -2.21. The molecule has 166 valence electrons. The first-order chi connectivity index (χ1) is 14.9. The predicted molar refractivity (Wildman–Crippen MR) is 129 cm³/mol. The minimum atomic E-state index is -0.0278. The fraction of sp³-hybridized carbons (Fsp3) is 0.417. The molecule has 1 aliphatic heterocycles. The van der Waals surface area contributed by atoms with Crippen molar-refractivity contribution in [3.05, 3.63) is 47.5 Å². The summed E-state index contributed by atoms with van der Waals surface area (Å²) in [5, 5.41) is 7.08. The van der Waals surface area contributed by atoms with E-state index < -0.39 is 0 Å². The van der Waals surface area contributed by atoms with Gasteiger partial charge < -0.3 is 25.0 Å². The van der Waals surface area contributed by atoms with Gasteiger partial charge in [-0.3, -0.25) is 4.79 Å². The number of hydrogen-bond donors (Lipinski definition) is 2. The number of rotatable bonds is 8. The highest BCUT2D eigenvalue weighted by Gasteiger charge is 2.23. The molecule has 1 saturated heterocycles. The smallest absolute Gasteiger partial charge is 0.227 e. The molecule has 0 radical (unpaired) electrons. The summed E-state index contributed by atoms with van der Waals surface area (Å²) >= 11 is 5.54. The van der Waals surface area contributed by atoms with Gasteiger partial charge in [0.2, 0.25) is 5.91 Å². The maximum atomic E-state index is 12.2. The molecule has 0 saturated carbocycles. The molecule has 1 atom stereocenters. The van der Waals surface area contributed by atoms with E-state index in [-0.39, 0.29) is 11.9 Å². The molecule has 1 amide bonds. The van der Waals surface area contributed by atoms with Crippen LogP contribution in [0.25, 0.3) is 0 Å². The molecule has 0 unspecified atom stereocenters. The van der Waals surface area contributed by atoms with Crippen molar-refractivity contribution in [2.24, 2.45) is 0 Å². The molecule has 1 heterocycles. The average molecular weight is 442 g/mol. The van der Waals surface area contributed by atoms with Crippen molar-refractivity contribution in [3.8, 4) is 11.5 Å². The molecule has 0 aromatic heterocycles. The van der Waals surface area contributed by atoms with Gasteiger partial charge in [0.1, 0.15) is 0 Å². The molecule has 3 rings (SSSR count). The van der Waals surface area contributed by atoms with Crippen LogP contribution in [0.15, 0.2) is 36.4 Å². The van der Waals surface area contributed by atoms with Crippen LogP contribution >= 0.6 is 12.2 Å². The number of hydrogen-bond acceptors (Lipinski definition) is 4. The van der Waals surface area contributed by atoms with Crippen LogP contribution in [0, 0.1) is 6.92 Å². The summed E-state index contributed by atoms with van der Waals surface area (Å²) < 4.78 is 11.4. The Labute approximate surface area is 189 Å². The van der Waals surface area contributed by atoms with Crippen molar-refractivity contribution in [3.63, 3.8) is 0 Å². The largest absolute Gasteiger partial charge is 0.490 e. The van der Waals surface area contributed by atoms with E-state index in [1.807, 2.05) is 69.0 Å². The summed E-state index contributed by atoms with van der Waals surface area (Å²) in [6.07, 6.45) is 1.51. The van der Waals surface area contributed by atoms with E-state index >= 15 is 0 Å². The topological polar surface area (TPSA) is 62.8 Å². The van der Waals surface area contributed by atoms with Crippen molar-refractivity contribution >= 4 is 34.6 Å². The second-order valence-corrected chi connectivity index (χ2v) is 7.95. The third kappa shape index (κ3) is 5.67. The Morgan fingerprint density at radius 2 is 1.87 bits per heavy atom. The van der Waals surface area contributed by atoms with E-state index in [9.17, 15) is 4.79 Å². The molecular formula is C24H31N3O3S. The molecular weight excluding hydrogens is 410 g/mol. The van der Waals surface area contributed by atoms with Gasteiger partial charge in [0.05, 0.1) is 19.3 Å². The van der Waals surface area contributed by atoms with E-state index in [0.29, 0.717) is 24.7 Å². The minimum Gasteiger partial charge on any atom is -0.490 e. The number of aryl methyl sites for hydroxylation is 1. The Morgan fingerprint density at radius 3 is 2.55 bits per heavy atom. The molecule has 2 aromatic carbocycles. The summed E-state index contributed by atoms with van der Waals surface area (Å²) in [7, 11) is 0. The number of nitrogens with one attached hydrogen (secondary N) is 2. The lowest BCUT2D eigenvalue weighted by molar-refractivity contribution is -0.117. The molecule has 6 nitrogen and oxygen atoms in total. The fourth-order valence-corrected chi connectivity index (χ4v) is 3.96. The van der Waals surface area contributed by atoms with Gasteiger partial charge in [-0.1, -0.05) is 12.1 Å². The van der Waals surface area contributed by atoms with Gasteiger partial charge in [-0.15, -0.1) is 0 Å². The second kappa shape index (κ2) is 10.5. The molecule has 0 aliphatic carbocycles.